The first-order valence-electron chi connectivity index (χ1n) is 14.4. The topological polar surface area (TPSA) is 52.6 Å². The van der Waals surface area contributed by atoms with Crippen LogP contribution in [0.4, 0.5) is 0 Å². The molecule has 0 spiro atoms. The highest BCUT2D eigenvalue weighted by molar-refractivity contribution is 5.87. The van der Waals surface area contributed by atoms with Crippen molar-refractivity contribution in [3.05, 3.63) is 24.3 Å². The minimum atomic E-state index is -0.389. The maximum absolute atomic E-state index is 12.9. The van der Waals surface area contributed by atoms with Gasteiger partial charge in [0, 0.05) is 17.1 Å². The molecule has 6 unspecified atom stereocenters. The molecule has 0 aliphatic heterocycles. The van der Waals surface area contributed by atoms with E-state index in [1.54, 1.807) is 13.8 Å². The van der Waals surface area contributed by atoms with Crippen molar-refractivity contribution in [2.45, 2.75) is 103 Å². The van der Waals surface area contributed by atoms with E-state index in [0.29, 0.717) is 40.7 Å². The molecule has 0 heterocycles. The molecule has 8 saturated carbocycles. The van der Waals surface area contributed by atoms with Gasteiger partial charge in [0.15, 0.2) is 0 Å². The summed E-state index contributed by atoms with van der Waals surface area (Å²) in [5, 5.41) is 0. The van der Waals surface area contributed by atoms with Gasteiger partial charge in [-0.2, -0.15) is 0 Å². The van der Waals surface area contributed by atoms with Gasteiger partial charge in [0.25, 0.3) is 0 Å². The lowest BCUT2D eigenvalue weighted by Crippen LogP contribution is -2.63. The summed E-state index contributed by atoms with van der Waals surface area (Å²) in [6, 6.07) is 0. The Morgan fingerprint density at radius 2 is 1.29 bits per heavy atom. The van der Waals surface area contributed by atoms with E-state index >= 15 is 0 Å². The smallest absolute Gasteiger partial charge is 0.333 e. The Morgan fingerprint density at radius 1 is 0.743 bits per heavy atom. The maximum atomic E-state index is 12.9. The van der Waals surface area contributed by atoms with E-state index in [9.17, 15) is 9.59 Å². The minimum absolute atomic E-state index is 0.192. The van der Waals surface area contributed by atoms with E-state index < -0.39 is 0 Å². The van der Waals surface area contributed by atoms with E-state index in [1.807, 2.05) is 0 Å². The maximum Gasteiger partial charge on any atom is 0.333 e. The van der Waals surface area contributed by atoms with Crippen molar-refractivity contribution in [1.82, 2.24) is 0 Å². The van der Waals surface area contributed by atoms with E-state index in [1.165, 1.54) is 57.8 Å². The molecule has 0 amide bonds. The molecule has 4 nitrogen and oxygen atoms in total. The standard InChI is InChI=1S/C31H44O4/c1-17(2)28(32)34-30(5)23-10-21-9-22(16-23)26(27(30)15-21)6-7-31(35-29(33)18(3)4)24-11-19-8-20(13-24)14-25(31)12-19/h19-27H,1,3,6-16H2,2,4-5H3. The van der Waals surface area contributed by atoms with Gasteiger partial charge in [-0.15, -0.1) is 0 Å². The summed E-state index contributed by atoms with van der Waals surface area (Å²) in [5.74, 6) is 5.19. The number of rotatable bonds is 7. The van der Waals surface area contributed by atoms with Crippen molar-refractivity contribution in [2.24, 2.45) is 53.3 Å². The largest absolute Gasteiger partial charge is 0.455 e. The number of hydrogen-bond acceptors (Lipinski definition) is 4. The lowest BCUT2D eigenvalue weighted by molar-refractivity contribution is -0.227. The van der Waals surface area contributed by atoms with Crippen LogP contribution in [0.2, 0.25) is 0 Å². The summed E-state index contributed by atoms with van der Waals surface area (Å²) in [6.45, 7) is 13.5. The molecule has 6 atom stereocenters. The Bertz CT molecular complexity index is 920. The van der Waals surface area contributed by atoms with Crippen LogP contribution in [0, 0.1) is 53.3 Å². The van der Waals surface area contributed by atoms with E-state index in [4.69, 9.17) is 9.47 Å². The Balaban J connectivity index is 1.26. The molecule has 0 aromatic rings. The van der Waals surface area contributed by atoms with Crippen molar-refractivity contribution in [3.8, 4) is 0 Å². The average Bonchev–Trinajstić information content (AvgIpc) is 2.79. The zero-order chi connectivity index (χ0) is 24.7. The molecule has 192 valence electrons. The number of carbonyl (C=O) groups excluding carboxylic acids is 2. The second-order valence-electron chi connectivity index (χ2n) is 13.9. The van der Waals surface area contributed by atoms with Gasteiger partial charge in [-0.1, -0.05) is 13.2 Å². The number of carbonyl (C=O) groups is 2. The summed E-state index contributed by atoms with van der Waals surface area (Å²) in [6.07, 6.45) is 13.2. The highest BCUT2D eigenvalue weighted by Gasteiger charge is 2.63. The van der Waals surface area contributed by atoms with Crippen LogP contribution in [-0.4, -0.2) is 23.1 Å². The molecule has 8 rings (SSSR count). The first-order valence-corrected chi connectivity index (χ1v) is 14.4. The summed E-state index contributed by atoms with van der Waals surface area (Å²) in [7, 11) is 0. The third-order valence-corrected chi connectivity index (χ3v) is 11.8. The highest BCUT2D eigenvalue weighted by atomic mass is 16.6. The van der Waals surface area contributed by atoms with Crippen molar-refractivity contribution < 1.29 is 19.1 Å². The summed E-state index contributed by atoms with van der Waals surface area (Å²) in [5.41, 5.74) is 0.311. The summed E-state index contributed by atoms with van der Waals surface area (Å²) in [4.78, 5) is 25.6. The summed E-state index contributed by atoms with van der Waals surface area (Å²) < 4.78 is 12.8. The fraction of sp³-hybridized carbons (Fsp3) is 0.806. The van der Waals surface area contributed by atoms with Crippen LogP contribution in [0.5, 0.6) is 0 Å². The van der Waals surface area contributed by atoms with Gasteiger partial charge in [-0.25, -0.2) is 9.59 Å². The Morgan fingerprint density at radius 3 is 1.89 bits per heavy atom. The predicted octanol–water partition coefficient (Wildman–Crippen LogP) is 6.64. The lowest BCUT2D eigenvalue weighted by Gasteiger charge is -2.64. The number of ether oxygens (including phenoxy) is 2. The van der Waals surface area contributed by atoms with Crippen LogP contribution >= 0.6 is 0 Å². The molecule has 0 N–H and O–H groups in total. The first kappa shape index (κ1) is 23.8. The monoisotopic (exact) mass is 480 g/mol. The third kappa shape index (κ3) is 3.67. The molecule has 0 saturated heterocycles. The molecule has 0 aromatic heterocycles. The van der Waals surface area contributed by atoms with E-state index in [0.717, 1.165) is 36.5 Å². The molecule has 8 fully saturated rings. The third-order valence-electron chi connectivity index (χ3n) is 11.8. The van der Waals surface area contributed by atoms with Crippen LogP contribution < -0.4 is 0 Å². The molecule has 4 heteroatoms. The van der Waals surface area contributed by atoms with Crippen LogP contribution in [0.1, 0.15) is 91.4 Å². The van der Waals surface area contributed by atoms with Gasteiger partial charge in [0.05, 0.1) is 0 Å². The molecule has 8 aliphatic rings. The van der Waals surface area contributed by atoms with Crippen LogP contribution in [0.3, 0.4) is 0 Å². The van der Waals surface area contributed by atoms with Gasteiger partial charge < -0.3 is 9.47 Å². The van der Waals surface area contributed by atoms with E-state index in [-0.39, 0.29) is 23.1 Å². The fourth-order valence-corrected chi connectivity index (χ4v) is 10.5. The predicted molar refractivity (Wildman–Crippen MR) is 135 cm³/mol. The molecule has 0 aromatic carbocycles. The van der Waals surface area contributed by atoms with Crippen LogP contribution in [0.15, 0.2) is 24.3 Å². The van der Waals surface area contributed by atoms with Gasteiger partial charge >= 0.3 is 11.9 Å². The number of hydrogen-bond donors (Lipinski definition) is 0. The second-order valence-corrected chi connectivity index (χ2v) is 13.9. The van der Waals surface area contributed by atoms with E-state index in [2.05, 4.69) is 20.1 Å². The Labute approximate surface area is 211 Å². The molecular formula is C31H44O4. The second kappa shape index (κ2) is 8.21. The van der Waals surface area contributed by atoms with Gasteiger partial charge in [-0.05, 0) is 139 Å². The van der Waals surface area contributed by atoms with Crippen molar-refractivity contribution in [1.29, 1.82) is 0 Å². The lowest BCUT2D eigenvalue weighted by atomic mass is 9.44. The van der Waals surface area contributed by atoms with Gasteiger partial charge in [0.1, 0.15) is 11.2 Å². The molecule has 8 aliphatic carbocycles. The van der Waals surface area contributed by atoms with Gasteiger partial charge in [-0.3, -0.25) is 0 Å². The fourth-order valence-electron chi connectivity index (χ4n) is 10.5. The van der Waals surface area contributed by atoms with Crippen molar-refractivity contribution in [3.63, 3.8) is 0 Å². The van der Waals surface area contributed by atoms with Crippen molar-refractivity contribution in [2.75, 3.05) is 0 Å². The first-order chi connectivity index (χ1) is 16.6. The minimum Gasteiger partial charge on any atom is -0.455 e. The summed E-state index contributed by atoms with van der Waals surface area (Å²) >= 11 is 0. The Kier molecular flexibility index (Phi) is 5.59. The zero-order valence-electron chi connectivity index (χ0n) is 22.0. The quantitative estimate of drug-likeness (QED) is 0.303. The average molecular weight is 481 g/mol. The SMILES string of the molecule is C=C(C)C(=O)OC1(C)C2CC3CC(C2)C(CCC2(OC(=O)C(=C)C)C4CC5CC(C4)CC2C5)C1C3. The zero-order valence-corrected chi connectivity index (χ0v) is 22.0. The van der Waals surface area contributed by atoms with Crippen LogP contribution in [-0.2, 0) is 19.1 Å². The molecular weight excluding hydrogens is 436 g/mol. The van der Waals surface area contributed by atoms with Crippen molar-refractivity contribution >= 4 is 11.9 Å². The normalized spacial score (nSPS) is 48.6. The molecule has 8 bridgehead atoms. The number of esters is 2. The van der Waals surface area contributed by atoms with Crippen LogP contribution in [0.25, 0.3) is 0 Å². The molecule has 35 heavy (non-hydrogen) atoms. The molecule has 0 radical (unpaired) electrons. The highest BCUT2D eigenvalue weighted by Crippen LogP contribution is 2.65. The van der Waals surface area contributed by atoms with Gasteiger partial charge in [0.2, 0.25) is 0 Å². The Hall–Kier alpha value is -1.58.